The van der Waals surface area contributed by atoms with Gasteiger partial charge in [0.15, 0.2) is 0 Å². The first-order valence-electron chi connectivity index (χ1n) is 6.08. The topological polar surface area (TPSA) is 73.6 Å². The summed E-state index contributed by atoms with van der Waals surface area (Å²) in [6, 6.07) is 0.493. The highest BCUT2D eigenvalue weighted by Gasteiger charge is 2.32. The van der Waals surface area contributed by atoms with Crippen molar-refractivity contribution >= 4 is 5.91 Å². The first-order chi connectivity index (χ1) is 8.68. The van der Waals surface area contributed by atoms with E-state index in [0.29, 0.717) is 11.6 Å². The maximum absolute atomic E-state index is 11.4. The number of rotatable bonds is 3. The lowest BCUT2D eigenvalue weighted by atomic mass is 10.1. The molecule has 6 heteroatoms. The number of likely N-dealkylation sites (N-methyl/N-ethyl adjacent to an activating group) is 1. The highest BCUT2D eigenvalue weighted by molar-refractivity contribution is 5.96. The zero-order valence-electron chi connectivity index (χ0n) is 10.3. The molecule has 0 aromatic rings. The zero-order valence-corrected chi connectivity index (χ0v) is 10.3. The summed E-state index contributed by atoms with van der Waals surface area (Å²) in [5.41, 5.74) is 7.79. The van der Waals surface area contributed by atoms with E-state index in [4.69, 9.17) is 5.73 Å². The fraction of sp³-hybridized carbons (Fsp3) is 0.417. The molecule has 0 radical (unpaired) electrons. The second-order valence-electron chi connectivity index (χ2n) is 4.67. The molecule has 4 N–H and O–H groups in total. The van der Waals surface area contributed by atoms with E-state index >= 15 is 0 Å². The number of amides is 1. The average Bonchev–Trinajstić information content (AvgIpc) is 2.73. The van der Waals surface area contributed by atoms with Gasteiger partial charge >= 0.3 is 0 Å². The van der Waals surface area contributed by atoms with Gasteiger partial charge in [0.1, 0.15) is 0 Å². The van der Waals surface area contributed by atoms with E-state index in [2.05, 4.69) is 33.8 Å². The largest absolute Gasteiger partial charge is 0.379 e. The zero-order chi connectivity index (χ0) is 12.7. The molecular formula is C12H17N5O. The monoisotopic (exact) mass is 247 g/mol. The van der Waals surface area contributed by atoms with Crippen LogP contribution < -0.4 is 16.4 Å². The highest BCUT2D eigenvalue weighted by atomic mass is 16.1. The van der Waals surface area contributed by atoms with Crippen LogP contribution in [-0.4, -0.2) is 48.6 Å². The number of nitrogens with zero attached hydrogens (tertiary/aromatic N) is 2. The Morgan fingerprint density at radius 1 is 1.56 bits per heavy atom. The second kappa shape index (κ2) is 4.15. The number of hydrazine groups is 1. The summed E-state index contributed by atoms with van der Waals surface area (Å²) >= 11 is 0. The van der Waals surface area contributed by atoms with Crippen LogP contribution in [0.15, 0.2) is 35.3 Å². The van der Waals surface area contributed by atoms with Crippen LogP contribution in [0, 0.1) is 0 Å². The molecule has 1 saturated heterocycles. The van der Waals surface area contributed by atoms with Crippen LogP contribution in [0.3, 0.4) is 0 Å². The lowest BCUT2D eigenvalue weighted by molar-refractivity contribution is -0.114. The molecule has 0 atom stereocenters. The van der Waals surface area contributed by atoms with E-state index in [1.54, 1.807) is 6.08 Å². The molecule has 1 fully saturated rings. The summed E-state index contributed by atoms with van der Waals surface area (Å²) < 4.78 is 0. The third-order valence-corrected chi connectivity index (χ3v) is 3.62. The van der Waals surface area contributed by atoms with Crippen LogP contribution in [0.4, 0.5) is 0 Å². The van der Waals surface area contributed by atoms with Crippen molar-refractivity contribution < 1.29 is 4.79 Å². The normalized spacial score (nSPS) is 22.8. The molecule has 3 rings (SSSR count). The Balaban J connectivity index is 1.88. The van der Waals surface area contributed by atoms with Crippen LogP contribution in [0.25, 0.3) is 0 Å². The maximum Gasteiger partial charge on any atom is 0.250 e. The maximum atomic E-state index is 11.4. The molecule has 0 aromatic carbocycles. The number of carbonyl (C=O) groups excluding carboxylic acids is 1. The molecule has 0 unspecified atom stereocenters. The Morgan fingerprint density at radius 2 is 2.33 bits per heavy atom. The van der Waals surface area contributed by atoms with Gasteiger partial charge in [0.2, 0.25) is 0 Å². The Kier molecular flexibility index (Phi) is 2.61. The molecule has 18 heavy (non-hydrogen) atoms. The van der Waals surface area contributed by atoms with E-state index in [1.165, 1.54) is 0 Å². The van der Waals surface area contributed by atoms with Crippen molar-refractivity contribution in [2.45, 2.75) is 6.04 Å². The van der Waals surface area contributed by atoms with E-state index in [-0.39, 0.29) is 0 Å². The molecular weight excluding hydrogens is 230 g/mol. The number of hydrogen-bond acceptors (Lipinski definition) is 5. The van der Waals surface area contributed by atoms with E-state index < -0.39 is 5.91 Å². The van der Waals surface area contributed by atoms with Crippen molar-refractivity contribution in [3.05, 3.63) is 35.3 Å². The average molecular weight is 247 g/mol. The van der Waals surface area contributed by atoms with Crippen LogP contribution in [0.2, 0.25) is 0 Å². The molecule has 0 aromatic heterocycles. The van der Waals surface area contributed by atoms with Gasteiger partial charge in [-0.05, 0) is 12.2 Å². The quantitative estimate of drug-likeness (QED) is 0.588. The Labute approximate surface area is 106 Å². The lowest BCUT2D eigenvalue weighted by Crippen LogP contribution is -2.59. The summed E-state index contributed by atoms with van der Waals surface area (Å²) in [4.78, 5) is 11.4. The van der Waals surface area contributed by atoms with Gasteiger partial charge in [0.05, 0.1) is 23.0 Å². The molecule has 0 saturated carbocycles. The van der Waals surface area contributed by atoms with Crippen molar-refractivity contribution in [3.8, 4) is 0 Å². The van der Waals surface area contributed by atoms with Gasteiger partial charge in [-0.1, -0.05) is 0 Å². The standard InChI is InChI=1S/C12H17N5O/c1-16(8-6-14-7-8)17-5-3-9(12(13)18)11-10(17)2-4-15-11/h2-3,5,8,14-15H,4,6-7H2,1H3,(H2,13,18). The van der Waals surface area contributed by atoms with Gasteiger partial charge in [-0.25, -0.2) is 5.01 Å². The van der Waals surface area contributed by atoms with E-state index in [9.17, 15) is 4.79 Å². The molecule has 0 aliphatic carbocycles. The summed E-state index contributed by atoms with van der Waals surface area (Å²) in [6.07, 6.45) is 5.75. The van der Waals surface area contributed by atoms with Gasteiger partial charge in [-0.2, -0.15) is 0 Å². The molecule has 96 valence electrons. The molecule has 0 bridgehead atoms. The number of carbonyl (C=O) groups is 1. The second-order valence-corrected chi connectivity index (χ2v) is 4.67. The smallest absolute Gasteiger partial charge is 0.250 e. The Hall–Kier alpha value is -1.79. The van der Waals surface area contributed by atoms with Crippen LogP contribution >= 0.6 is 0 Å². The predicted molar refractivity (Wildman–Crippen MR) is 67.7 cm³/mol. The van der Waals surface area contributed by atoms with Gasteiger partial charge in [0, 0.05) is 32.9 Å². The van der Waals surface area contributed by atoms with Crippen molar-refractivity contribution in [2.24, 2.45) is 5.73 Å². The number of nitrogens with one attached hydrogen (secondary N) is 2. The van der Waals surface area contributed by atoms with E-state index in [0.717, 1.165) is 31.0 Å². The minimum Gasteiger partial charge on any atom is -0.379 e. The number of hydrogen-bond donors (Lipinski definition) is 3. The highest BCUT2D eigenvalue weighted by Crippen LogP contribution is 2.28. The number of primary amides is 1. The number of nitrogens with two attached hydrogens (primary N) is 1. The summed E-state index contributed by atoms with van der Waals surface area (Å²) in [5.74, 6) is -0.394. The van der Waals surface area contributed by atoms with Crippen LogP contribution in [-0.2, 0) is 4.79 Å². The first-order valence-corrected chi connectivity index (χ1v) is 6.08. The summed E-state index contributed by atoms with van der Waals surface area (Å²) in [5, 5.41) is 10.7. The fourth-order valence-corrected chi connectivity index (χ4v) is 2.39. The van der Waals surface area contributed by atoms with Gasteiger partial charge in [-0.15, -0.1) is 0 Å². The SMILES string of the molecule is CN(C1CNC1)N1C=CC(C(N)=O)=C2NCC=C21. The lowest BCUT2D eigenvalue weighted by Gasteiger charge is -2.43. The Morgan fingerprint density at radius 3 is 2.94 bits per heavy atom. The van der Waals surface area contributed by atoms with Gasteiger partial charge in [-0.3, -0.25) is 9.80 Å². The third-order valence-electron chi connectivity index (χ3n) is 3.62. The molecule has 0 spiro atoms. The van der Waals surface area contributed by atoms with Crippen LogP contribution in [0.5, 0.6) is 0 Å². The predicted octanol–water partition coefficient (Wildman–Crippen LogP) is -1.14. The first kappa shape index (κ1) is 11.3. The van der Waals surface area contributed by atoms with Gasteiger partial charge < -0.3 is 16.4 Å². The fourth-order valence-electron chi connectivity index (χ4n) is 2.39. The van der Waals surface area contributed by atoms with Gasteiger partial charge in [0.25, 0.3) is 5.91 Å². The minimum atomic E-state index is -0.394. The van der Waals surface area contributed by atoms with Crippen molar-refractivity contribution in [3.63, 3.8) is 0 Å². The third kappa shape index (κ3) is 1.61. The Bertz CT molecular complexity index is 475. The van der Waals surface area contributed by atoms with Crippen molar-refractivity contribution in [1.82, 2.24) is 20.7 Å². The van der Waals surface area contributed by atoms with Crippen molar-refractivity contribution in [2.75, 3.05) is 26.7 Å². The molecule has 3 aliphatic rings. The molecule has 1 amide bonds. The molecule has 3 aliphatic heterocycles. The van der Waals surface area contributed by atoms with Crippen LogP contribution in [0.1, 0.15) is 0 Å². The van der Waals surface area contributed by atoms with Crippen molar-refractivity contribution in [1.29, 1.82) is 0 Å². The molecule has 3 heterocycles. The molecule has 6 nitrogen and oxygen atoms in total. The number of fused-ring (bicyclic) bond motifs is 1. The summed E-state index contributed by atoms with van der Waals surface area (Å²) in [7, 11) is 2.06. The van der Waals surface area contributed by atoms with E-state index in [1.807, 2.05) is 6.20 Å². The minimum absolute atomic E-state index is 0.394. The summed E-state index contributed by atoms with van der Waals surface area (Å²) in [6.45, 7) is 2.71.